The van der Waals surface area contributed by atoms with Gasteiger partial charge in [-0.15, -0.1) is 6.58 Å². The molecule has 0 radical (unpaired) electrons. The lowest BCUT2D eigenvalue weighted by Crippen LogP contribution is -2.25. The minimum Gasteiger partial charge on any atom is -0.390 e. The van der Waals surface area contributed by atoms with Crippen LogP contribution in [0.5, 0.6) is 0 Å². The fraction of sp³-hybridized carbons (Fsp3) is 0.889. The average molecular weight is 284 g/mol. The Balaban J connectivity index is 3.37. The maximum atomic E-state index is 9.90. The Kier molecular flexibility index (Phi) is 14.8. The molecule has 0 aliphatic heterocycles. The molecule has 2 N–H and O–H groups in total. The highest BCUT2D eigenvalue weighted by Gasteiger charge is 2.14. The Bertz CT molecular complexity index is 204. The Hall–Kier alpha value is -0.340. The summed E-state index contributed by atoms with van der Waals surface area (Å²) in [4.78, 5) is 0. The van der Waals surface area contributed by atoms with Crippen molar-refractivity contribution < 1.29 is 10.2 Å². The third-order valence-corrected chi connectivity index (χ3v) is 3.96. The molecule has 0 bridgehead atoms. The van der Waals surface area contributed by atoms with Crippen LogP contribution in [0.25, 0.3) is 0 Å². The van der Waals surface area contributed by atoms with Gasteiger partial charge in [0, 0.05) is 0 Å². The van der Waals surface area contributed by atoms with Crippen molar-refractivity contribution in [3.63, 3.8) is 0 Å². The van der Waals surface area contributed by atoms with E-state index in [1.54, 1.807) is 0 Å². The van der Waals surface area contributed by atoms with Gasteiger partial charge in [-0.25, -0.2) is 0 Å². The second kappa shape index (κ2) is 15.1. The second-order valence-electron chi connectivity index (χ2n) is 5.97. The van der Waals surface area contributed by atoms with Crippen molar-refractivity contribution in [1.29, 1.82) is 0 Å². The average Bonchev–Trinajstić information content (AvgIpc) is 2.45. The van der Waals surface area contributed by atoms with E-state index in [1.165, 1.54) is 44.9 Å². The fourth-order valence-corrected chi connectivity index (χ4v) is 2.51. The lowest BCUT2D eigenvalue weighted by molar-refractivity contribution is 0.00712. The number of aliphatic hydroxyl groups is 2. The van der Waals surface area contributed by atoms with Crippen LogP contribution >= 0.6 is 0 Å². The quantitative estimate of drug-likeness (QED) is 0.329. The zero-order valence-electron chi connectivity index (χ0n) is 13.5. The van der Waals surface area contributed by atoms with Crippen LogP contribution in [0, 0.1) is 0 Å². The van der Waals surface area contributed by atoms with Gasteiger partial charge in [0.15, 0.2) is 0 Å². The summed E-state index contributed by atoms with van der Waals surface area (Å²) < 4.78 is 0. The largest absolute Gasteiger partial charge is 0.390 e. The molecule has 20 heavy (non-hydrogen) atoms. The molecule has 0 aromatic heterocycles. The van der Waals surface area contributed by atoms with E-state index in [-0.39, 0.29) is 0 Å². The van der Waals surface area contributed by atoms with Crippen molar-refractivity contribution in [3.8, 4) is 0 Å². The summed E-state index contributed by atoms with van der Waals surface area (Å²) >= 11 is 0. The van der Waals surface area contributed by atoms with E-state index in [1.807, 2.05) is 6.08 Å². The minimum absolute atomic E-state index is 0.519. The number of hydrogen-bond donors (Lipinski definition) is 2. The van der Waals surface area contributed by atoms with Crippen LogP contribution in [-0.2, 0) is 0 Å². The van der Waals surface area contributed by atoms with Crippen LogP contribution in [0.1, 0.15) is 90.4 Å². The number of unbranched alkanes of at least 4 members (excludes halogenated alkanes) is 9. The van der Waals surface area contributed by atoms with Gasteiger partial charge in [-0.05, 0) is 25.7 Å². The molecule has 0 aromatic carbocycles. The SMILES string of the molecule is C=CCCCCCCC(O)C(O)CCCCCCCC. The van der Waals surface area contributed by atoms with E-state index in [9.17, 15) is 10.2 Å². The first kappa shape index (κ1) is 19.7. The Labute approximate surface area is 126 Å². The van der Waals surface area contributed by atoms with Gasteiger partial charge in [-0.3, -0.25) is 0 Å². The van der Waals surface area contributed by atoms with E-state index in [0.29, 0.717) is 0 Å². The maximum Gasteiger partial charge on any atom is 0.0799 e. The molecule has 0 rings (SSSR count). The van der Waals surface area contributed by atoms with E-state index >= 15 is 0 Å². The van der Waals surface area contributed by atoms with Crippen LogP contribution in [-0.4, -0.2) is 22.4 Å². The molecular formula is C18H36O2. The zero-order chi connectivity index (χ0) is 15.1. The minimum atomic E-state index is -0.523. The molecular weight excluding hydrogens is 248 g/mol. The van der Waals surface area contributed by atoms with Crippen molar-refractivity contribution in [3.05, 3.63) is 12.7 Å². The van der Waals surface area contributed by atoms with Gasteiger partial charge in [0.25, 0.3) is 0 Å². The van der Waals surface area contributed by atoms with Gasteiger partial charge in [0.2, 0.25) is 0 Å². The van der Waals surface area contributed by atoms with Crippen LogP contribution < -0.4 is 0 Å². The smallest absolute Gasteiger partial charge is 0.0799 e. The molecule has 2 heteroatoms. The highest BCUT2D eigenvalue weighted by molar-refractivity contribution is 4.68. The summed E-state index contributed by atoms with van der Waals surface area (Å²) in [6, 6.07) is 0. The molecule has 2 atom stereocenters. The molecule has 0 aliphatic carbocycles. The molecule has 120 valence electrons. The molecule has 0 saturated heterocycles. The molecule has 0 amide bonds. The zero-order valence-corrected chi connectivity index (χ0v) is 13.5. The van der Waals surface area contributed by atoms with Crippen LogP contribution in [0.15, 0.2) is 12.7 Å². The lowest BCUT2D eigenvalue weighted by Gasteiger charge is -2.17. The topological polar surface area (TPSA) is 40.5 Å². The molecule has 0 heterocycles. The van der Waals surface area contributed by atoms with Crippen LogP contribution in [0.3, 0.4) is 0 Å². The van der Waals surface area contributed by atoms with Gasteiger partial charge in [0.05, 0.1) is 12.2 Å². The third-order valence-electron chi connectivity index (χ3n) is 3.96. The first-order valence-electron chi connectivity index (χ1n) is 8.69. The van der Waals surface area contributed by atoms with Gasteiger partial charge >= 0.3 is 0 Å². The summed E-state index contributed by atoms with van der Waals surface area (Å²) in [5.74, 6) is 0. The van der Waals surface area contributed by atoms with E-state index in [0.717, 1.165) is 38.5 Å². The highest BCUT2D eigenvalue weighted by Crippen LogP contribution is 2.14. The van der Waals surface area contributed by atoms with Crippen molar-refractivity contribution in [2.24, 2.45) is 0 Å². The van der Waals surface area contributed by atoms with E-state index in [4.69, 9.17) is 0 Å². The fourth-order valence-electron chi connectivity index (χ4n) is 2.51. The highest BCUT2D eigenvalue weighted by atomic mass is 16.3. The first-order chi connectivity index (χ1) is 9.72. The molecule has 2 unspecified atom stereocenters. The molecule has 0 spiro atoms. The van der Waals surface area contributed by atoms with Crippen molar-refractivity contribution >= 4 is 0 Å². The molecule has 0 fully saturated rings. The summed E-state index contributed by atoms with van der Waals surface area (Å²) in [6.07, 6.45) is 15.4. The lowest BCUT2D eigenvalue weighted by atomic mass is 10.00. The molecule has 2 nitrogen and oxygen atoms in total. The van der Waals surface area contributed by atoms with E-state index in [2.05, 4.69) is 13.5 Å². The molecule has 0 aromatic rings. The number of rotatable bonds is 15. The standard InChI is InChI=1S/C18H36O2/c1-3-5-7-9-11-13-15-17(19)18(20)16-14-12-10-8-6-4-2/h3,17-20H,1,4-16H2,2H3. The summed E-state index contributed by atoms with van der Waals surface area (Å²) in [5, 5.41) is 19.8. The van der Waals surface area contributed by atoms with Gasteiger partial charge in [-0.1, -0.05) is 70.8 Å². The van der Waals surface area contributed by atoms with Gasteiger partial charge < -0.3 is 10.2 Å². The summed E-state index contributed by atoms with van der Waals surface area (Å²) in [7, 11) is 0. The Morgan fingerprint density at radius 2 is 1.20 bits per heavy atom. The summed E-state index contributed by atoms with van der Waals surface area (Å²) in [5.41, 5.74) is 0. The van der Waals surface area contributed by atoms with Crippen LogP contribution in [0.4, 0.5) is 0 Å². The number of aliphatic hydroxyl groups excluding tert-OH is 2. The Morgan fingerprint density at radius 1 is 0.750 bits per heavy atom. The third kappa shape index (κ3) is 12.7. The van der Waals surface area contributed by atoms with Crippen LogP contribution in [0.2, 0.25) is 0 Å². The van der Waals surface area contributed by atoms with Crippen molar-refractivity contribution in [2.75, 3.05) is 0 Å². The monoisotopic (exact) mass is 284 g/mol. The maximum absolute atomic E-state index is 9.90. The number of allylic oxidation sites excluding steroid dienone is 1. The number of hydrogen-bond acceptors (Lipinski definition) is 2. The van der Waals surface area contributed by atoms with Gasteiger partial charge in [0.1, 0.15) is 0 Å². The predicted molar refractivity (Wildman–Crippen MR) is 87.9 cm³/mol. The predicted octanol–water partition coefficient (Wildman–Crippen LogP) is 4.99. The normalized spacial score (nSPS) is 14.2. The Morgan fingerprint density at radius 3 is 1.70 bits per heavy atom. The molecule has 0 saturated carbocycles. The second-order valence-corrected chi connectivity index (χ2v) is 5.97. The first-order valence-corrected chi connectivity index (χ1v) is 8.69. The van der Waals surface area contributed by atoms with E-state index < -0.39 is 12.2 Å². The van der Waals surface area contributed by atoms with Gasteiger partial charge in [-0.2, -0.15) is 0 Å². The van der Waals surface area contributed by atoms with Crippen molar-refractivity contribution in [2.45, 2.75) is 103 Å². The molecule has 0 aliphatic rings. The summed E-state index contributed by atoms with van der Waals surface area (Å²) in [6.45, 7) is 5.93. The van der Waals surface area contributed by atoms with Crippen molar-refractivity contribution in [1.82, 2.24) is 0 Å².